The van der Waals surface area contributed by atoms with Crippen molar-refractivity contribution in [1.82, 2.24) is 5.43 Å². The number of hydrogen-bond acceptors (Lipinski definition) is 7. The Kier molecular flexibility index (Phi) is 7.50. The monoisotopic (exact) mass is 435 g/mol. The molecule has 0 unspecified atom stereocenters. The quantitative estimate of drug-likeness (QED) is 0.206. The number of nitrogens with one attached hydrogen (secondary N) is 2. The molecule has 0 aliphatic carbocycles. The Bertz CT molecular complexity index is 1090. The van der Waals surface area contributed by atoms with E-state index < -0.39 is 0 Å². The number of phenols is 1. The van der Waals surface area contributed by atoms with Crippen molar-refractivity contribution in [3.05, 3.63) is 72.3 Å². The van der Waals surface area contributed by atoms with Gasteiger partial charge in [-0.25, -0.2) is 0 Å². The smallest absolute Gasteiger partial charge is 0.191 e. The molecule has 0 aliphatic heterocycles. The SMILES string of the molecule is COc1ccc(NC(=S)NN=Cc2cc(N=Nc3ccccc3)cc(OC)c2O)cc1. The van der Waals surface area contributed by atoms with E-state index in [4.69, 9.17) is 21.7 Å². The molecule has 0 saturated carbocycles. The summed E-state index contributed by atoms with van der Waals surface area (Å²) in [6, 6.07) is 19.8. The average molecular weight is 436 g/mol. The third-order valence-electron chi connectivity index (χ3n) is 4.06. The second-order valence-corrected chi connectivity index (χ2v) is 6.58. The number of azo groups is 1. The second-order valence-electron chi connectivity index (χ2n) is 6.17. The number of phenolic OH excluding ortho intramolecular Hbond substituents is 1. The minimum absolute atomic E-state index is 0.0688. The first-order valence-corrected chi connectivity index (χ1v) is 9.62. The van der Waals surface area contributed by atoms with Crippen LogP contribution in [-0.4, -0.2) is 30.7 Å². The van der Waals surface area contributed by atoms with E-state index >= 15 is 0 Å². The third-order valence-corrected chi connectivity index (χ3v) is 4.26. The first kappa shape index (κ1) is 21.7. The zero-order chi connectivity index (χ0) is 22.1. The van der Waals surface area contributed by atoms with Crippen molar-refractivity contribution in [2.24, 2.45) is 15.3 Å². The molecule has 0 radical (unpaired) electrons. The van der Waals surface area contributed by atoms with Gasteiger partial charge in [-0.1, -0.05) is 18.2 Å². The number of anilines is 1. The minimum Gasteiger partial charge on any atom is -0.504 e. The van der Waals surface area contributed by atoms with Crippen molar-refractivity contribution >= 4 is 40.6 Å². The average Bonchev–Trinajstić information content (AvgIpc) is 2.80. The summed E-state index contributed by atoms with van der Waals surface area (Å²) in [5.74, 6) is 0.932. The molecule has 0 heterocycles. The number of benzene rings is 3. The van der Waals surface area contributed by atoms with E-state index in [0.717, 1.165) is 11.4 Å². The molecule has 8 nitrogen and oxygen atoms in total. The molecule has 3 N–H and O–H groups in total. The molecule has 0 aliphatic rings. The van der Waals surface area contributed by atoms with Crippen molar-refractivity contribution in [2.75, 3.05) is 19.5 Å². The van der Waals surface area contributed by atoms with Crippen LogP contribution in [-0.2, 0) is 0 Å². The van der Waals surface area contributed by atoms with Crippen LogP contribution in [0.15, 0.2) is 82.1 Å². The van der Waals surface area contributed by atoms with E-state index in [9.17, 15) is 5.11 Å². The van der Waals surface area contributed by atoms with E-state index in [-0.39, 0.29) is 16.6 Å². The molecule has 3 rings (SSSR count). The van der Waals surface area contributed by atoms with Gasteiger partial charge in [-0.2, -0.15) is 15.3 Å². The van der Waals surface area contributed by atoms with Crippen LogP contribution in [0.5, 0.6) is 17.2 Å². The summed E-state index contributed by atoms with van der Waals surface area (Å²) in [6.07, 6.45) is 1.42. The fourth-order valence-electron chi connectivity index (χ4n) is 2.53. The van der Waals surface area contributed by atoms with Crippen LogP contribution in [0.4, 0.5) is 17.1 Å². The number of methoxy groups -OCH3 is 2. The van der Waals surface area contributed by atoms with Crippen molar-refractivity contribution in [2.45, 2.75) is 0 Å². The van der Waals surface area contributed by atoms with Gasteiger partial charge in [0.15, 0.2) is 16.6 Å². The van der Waals surface area contributed by atoms with Crippen LogP contribution in [0.1, 0.15) is 5.56 Å². The number of hydrogen-bond donors (Lipinski definition) is 3. The molecule has 0 aromatic heterocycles. The number of aromatic hydroxyl groups is 1. The van der Waals surface area contributed by atoms with Crippen molar-refractivity contribution in [3.8, 4) is 17.2 Å². The Hall–Kier alpha value is -3.98. The molecule has 0 amide bonds. The topological polar surface area (TPSA) is 99.8 Å². The first-order valence-electron chi connectivity index (χ1n) is 9.21. The fourth-order valence-corrected chi connectivity index (χ4v) is 2.70. The Labute approximate surface area is 185 Å². The van der Waals surface area contributed by atoms with Crippen LogP contribution in [0.25, 0.3) is 0 Å². The zero-order valence-corrected chi connectivity index (χ0v) is 17.8. The van der Waals surface area contributed by atoms with Crippen molar-refractivity contribution in [3.63, 3.8) is 0 Å². The Morgan fingerprint density at radius 1 is 0.935 bits per heavy atom. The molecule has 31 heavy (non-hydrogen) atoms. The Morgan fingerprint density at radius 2 is 1.65 bits per heavy atom. The summed E-state index contributed by atoms with van der Waals surface area (Å²) in [4.78, 5) is 0. The number of rotatable bonds is 7. The lowest BCUT2D eigenvalue weighted by atomic mass is 10.2. The van der Waals surface area contributed by atoms with Gasteiger partial charge in [0.2, 0.25) is 0 Å². The largest absolute Gasteiger partial charge is 0.504 e. The van der Waals surface area contributed by atoms with Gasteiger partial charge in [-0.3, -0.25) is 5.43 Å². The molecule has 3 aromatic carbocycles. The normalized spacial score (nSPS) is 10.9. The standard InChI is InChI=1S/C22H21N5O3S/c1-29-19-10-8-16(9-11-19)24-22(31)27-23-14-15-12-18(13-20(30-2)21(15)28)26-25-17-6-4-3-5-7-17/h3-14,28H,1-2H3,(H2,24,27,31). The van der Waals surface area contributed by atoms with E-state index in [1.54, 1.807) is 19.2 Å². The Balaban J connectivity index is 1.69. The molecule has 158 valence electrons. The van der Waals surface area contributed by atoms with Crippen LogP contribution in [0, 0.1) is 0 Å². The second kappa shape index (κ2) is 10.7. The summed E-state index contributed by atoms with van der Waals surface area (Å²) >= 11 is 5.23. The highest BCUT2D eigenvalue weighted by Gasteiger charge is 2.09. The van der Waals surface area contributed by atoms with Crippen LogP contribution >= 0.6 is 12.2 Å². The van der Waals surface area contributed by atoms with E-state index in [2.05, 4.69) is 26.1 Å². The highest BCUT2D eigenvalue weighted by Crippen LogP contribution is 2.34. The minimum atomic E-state index is -0.0688. The van der Waals surface area contributed by atoms with E-state index in [1.807, 2.05) is 54.6 Å². The number of thiocarbonyl (C=S) groups is 1. The summed E-state index contributed by atoms with van der Waals surface area (Å²) in [5.41, 5.74) is 5.08. The predicted octanol–water partition coefficient (Wildman–Crippen LogP) is 5.15. The summed E-state index contributed by atoms with van der Waals surface area (Å²) in [7, 11) is 3.06. The van der Waals surface area contributed by atoms with Gasteiger partial charge in [0.05, 0.1) is 31.8 Å². The molecule has 0 bridgehead atoms. The van der Waals surface area contributed by atoms with Gasteiger partial charge in [0, 0.05) is 17.3 Å². The number of hydrazone groups is 1. The highest BCUT2D eigenvalue weighted by atomic mass is 32.1. The highest BCUT2D eigenvalue weighted by molar-refractivity contribution is 7.80. The maximum Gasteiger partial charge on any atom is 0.191 e. The fraction of sp³-hybridized carbons (Fsp3) is 0.0909. The van der Waals surface area contributed by atoms with Crippen LogP contribution in [0.2, 0.25) is 0 Å². The molecule has 0 spiro atoms. The van der Waals surface area contributed by atoms with Gasteiger partial charge < -0.3 is 19.9 Å². The molecule has 0 atom stereocenters. The maximum absolute atomic E-state index is 10.4. The van der Waals surface area contributed by atoms with Gasteiger partial charge in [0.1, 0.15) is 5.75 Å². The van der Waals surface area contributed by atoms with E-state index in [0.29, 0.717) is 16.9 Å². The lowest BCUT2D eigenvalue weighted by molar-refractivity contribution is 0.373. The summed E-state index contributed by atoms with van der Waals surface area (Å²) in [6.45, 7) is 0. The Morgan fingerprint density at radius 3 is 2.32 bits per heavy atom. The third kappa shape index (κ3) is 6.25. The van der Waals surface area contributed by atoms with Gasteiger partial charge in [0.25, 0.3) is 0 Å². The number of nitrogens with zero attached hydrogens (tertiary/aromatic N) is 3. The first-order chi connectivity index (χ1) is 15.1. The summed E-state index contributed by atoms with van der Waals surface area (Å²) < 4.78 is 10.3. The lowest BCUT2D eigenvalue weighted by Gasteiger charge is -2.09. The maximum atomic E-state index is 10.4. The van der Waals surface area contributed by atoms with Crippen LogP contribution in [0.3, 0.4) is 0 Å². The molecule has 0 fully saturated rings. The molecule has 3 aromatic rings. The summed E-state index contributed by atoms with van der Waals surface area (Å²) in [5, 5.41) is 26.1. The lowest BCUT2D eigenvalue weighted by Crippen LogP contribution is -2.23. The molecule has 9 heteroatoms. The van der Waals surface area contributed by atoms with Gasteiger partial charge >= 0.3 is 0 Å². The molecule has 0 saturated heterocycles. The van der Waals surface area contributed by atoms with Crippen LogP contribution < -0.4 is 20.2 Å². The van der Waals surface area contributed by atoms with Gasteiger partial charge in [-0.15, -0.1) is 0 Å². The zero-order valence-electron chi connectivity index (χ0n) is 16.9. The van der Waals surface area contributed by atoms with E-state index in [1.165, 1.54) is 13.3 Å². The molecular formula is C22H21N5O3S. The number of ether oxygens (including phenoxy) is 2. The van der Waals surface area contributed by atoms with Crippen molar-refractivity contribution in [1.29, 1.82) is 0 Å². The predicted molar refractivity (Wildman–Crippen MR) is 125 cm³/mol. The van der Waals surface area contributed by atoms with Crippen molar-refractivity contribution < 1.29 is 14.6 Å². The molecular weight excluding hydrogens is 414 g/mol. The van der Waals surface area contributed by atoms with Gasteiger partial charge in [-0.05, 0) is 54.7 Å².